The molecule has 0 spiro atoms. The van der Waals surface area contributed by atoms with E-state index >= 15 is 0 Å². The van der Waals surface area contributed by atoms with Gasteiger partial charge in [-0.1, -0.05) is 36.8 Å². The van der Waals surface area contributed by atoms with Gasteiger partial charge in [-0.05, 0) is 25.5 Å². The van der Waals surface area contributed by atoms with Gasteiger partial charge in [0.1, 0.15) is 0 Å². The number of rotatable bonds is 5. The fourth-order valence-corrected chi connectivity index (χ4v) is 1.46. The molecule has 0 aliphatic heterocycles. The van der Waals surface area contributed by atoms with Crippen molar-refractivity contribution < 1.29 is 9.53 Å². The zero-order valence-electron chi connectivity index (χ0n) is 9.90. The topological polar surface area (TPSA) is 26.3 Å². The fourth-order valence-electron chi connectivity index (χ4n) is 1.46. The number of carbonyl (C=O) groups excluding carboxylic acids is 1. The van der Waals surface area contributed by atoms with Crippen LogP contribution in [0, 0.1) is 0 Å². The lowest BCUT2D eigenvalue weighted by molar-refractivity contribution is 0.0508. The molecule has 0 saturated carbocycles. The minimum absolute atomic E-state index is 0.243. The second-order valence-electron chi connectivity index (χ2n) is 3.55. The largest absolute Gasteiger partial charge is 0.462 e. The van der Waals surface area contributed by atoms with Crippen molar-refractivity contribution in [3.8, 4) is 0 Å². The van der Waals surface area contributed by atoms with E-state index < -0.39 is 0 Å². The molecule has 0 bridgehead atoms. The third kappa shape index (κ3) is 3.89. The molecule has 1 aromatic carbocycles. The average molecular weight is 218 g/mol. The summed E-state index contributed by atoms with van der Waals surface area (Å²) < 4.78 is 5.18. The van der Waals surface area contributed by atoms with Crippen LogP contribution in [0.2, 0.25) is 0 Å². The fraction of sp³-hybridized carbons (Fsp3) is 0.357. The predicted octanol–water partition coefficient (Wildman–Crippen LogP) is 3.59. The minimum Gasteiger partial charge on any atom is -0.462 e. The standard InChI is InChI=1S/C14H18O2/c1-3-12(4-2)10-11-16-14(15)13-8-6-5-7-9-13/h3,5-9H,4,10-11H2,1-2H3/b12-3-. The van der Waals surface area contributed by atoms with Crippen LogP contribution < -0.4 is 0 Å². The van der Waals surface area contributed by atoms with E-state index in [-0.39, 0.29) is 5.97 Å². The molecule has 0 saturated heterocycles. The third-order valence-corrected chi connectivity index (χ3v) is 2.53. The van der Waals surface area contributed by atoms with Crippen LogP contribution in [-0.2, 0) is 4.74 Å². The number of hydrogen-bond donors (Lipinski definition) is 0. The van der Waals surface area contributed by atoms with Crippen molar-refractivity contribution in [2.75, 3.05) is 6.61 Å². The highest BCUT2D eigenvalue weighted by Crippen LogP contribution is 2.07. The molecule has 0 heterocycles. The Morgan fingerprint density at radius 3 is 2.56 bits per heavy atom. The Kier molecular flexibility index (Phi) is 5.34. The first-order chi connectivity index (χ1) is 7.77. The highest BCUT2D eigenvalue weighted by atomic mass is 16.5. The monoisotopic (exact) mass is 218 g/mol. The summed E-state index contributed by atoms with van der Waals surface area (Å²) in [6, 6.07) is 9.07. The molecule has 1 rings (SSSR count). The van der Waals surface area contributed by atoms with Crippen LogP contribution in [0.5, 0.6) is 0 Å². The quantitative estimate of drug-likeness (QED) is 0.557. The van der Waals surface area contributed by atoms with Crippen molar-refractivity contribution in [3.63, 3.8) is 0 Å². The van der Waals surface area contributed by atoms with Gasteiger partial charge >= 0.3 is 5.97 Å². The number of esters is 1. The Morgan fingerprint density at radius 1 is 1.31 bits per heavy atom. The molecule has 1 aromatic rings. The number of allylic oxidation sites excluding steroid dienone is 1. The molecule has 2 nitrogen and oxygen atoms in total. The zero-order chi connectivity index (χ0) is 11.8. The zero-order valence-corrected chi connectivity index (χ0v) is 9.90. The Bertz CT molecular complexity index is 352. The van der Waals surface area contributed by atoms with Crippen molar-refractivity contribution >= 4 is 5.97 Å². The Labute approximate surface area is 96.9 Å². The molecule has 0 atom stereocenters. The Balaban J connectivity index is 2.37. The van der Waals surface area contributed by atoms with Gasteiger partial charge in [0.25, 0.3) is 0 Å². The van der Waals surface area contributed by atoms with Crippen LogP contribution in [0.4, 0.5) is 0 Å². The first-order valence-corrected chi connectivity index (χ1v) is 5.64. The van der Waals surface area contributed by atoms with Gasteiger partial charge in [0.2, 0.25) is 0 Å². The van der Waals surface area contributed by atoms with Crippen LogP contribution in [-0.4, -0.2) is 12.6 Å². The summed E-state index contributed by atoms with van der Waals surface area (Å²) >= 11 is 0. The second-order valence-corrected chi connectivity index (χ2v) is 3.55. The summed E-state index contributed by atoms with van der Waals surface area (Å²) in [5.74, 6) is -0.243. The minimum atomic E-state index is -0.243. The summed E-state index contributed by atoms with van der Waals surface area (Å²) in [5.41, 5.74) is 1.93. The predicted molar refractivity (Wildman–Crippen MR) is 65.4 cm³/mol. The summed E-state index contributed by atoms with van der Waals surface area (Å²) in [7, 11) is 0. The van der Waals surface area contributed by atoms with E-state index in [1.165, 1.54) is 5.57 Å². The lowest BCUT2D eigenvalue weighted by Gasteiger charge is -2.06. The summed E-state index contributed by atoms with van der Waals surface area (Å²) in [6.07, 6.45) is 3.92. The average Bonchev–Trinajstić information content (AvgIpc) is 2.35. The van der Waals surface area contributed by atoms with Crippen LogP contribution in [0.25, 0.3) is 0 Å². The van der Waals surface area contributed by atoms with E-state index in [9.17, 15) is 4.79 Å². The Hall–Kier alpha value is -1.57. The number of ether oxygens (including phenoxy) is 1. The van der Waals surface area contributed by atoms with Crippen LogP contribution in [0.15, 0.2) is 42.0 Å². The lowest BCUT2D eigenvalue weighted by atomic mass is 10.1. The smallest absolute Gasteiger partial charge is 0.338 e. The number of hydrogen-bond acceptors (Lipinski definition) is 2. The lowest BCUT2D eigenvalue weighted by Crippen LogP contribution is -2.06. The summed E-state index contributed by atoms with van der Waals surface area (Å²) in [6.45, 7) is 4.58. The van der Waals surface area contributed by atoms with E-state index in [4.69, 9.17) is 4.74 Å². The maximum absolute atomic E-state index is 11.6. The third-order valence-electron chi connectivity index (χ3n) is 2.53. The number of carbonyl (C=O) groups is 1. The van der Waals surface area contributed by atoms with Crippen molar-refractivity contribution in [1.82, 2.24) is 0 Å². The van der Waals surface area contributed by atoms with E-state index in [0.29, 0.717) is 12.2 Å². The van der Waals surface area contributed by atoms with Gasteiger partial charge in [-0.3, -0.25) is 0 Å². The van der Waals surface area contributed by atoms with Crippen molar-refractivity contribution in [2.45, 2.75) is 26.7 Å². The van der Waals surface area contributed by atoms with Gasteiger partial charge in [-0.2, -0.15) is 0 Å². The molecule has 0 aromatic heterocycles. The summed E-state index contributed by atoms with van der Waals surface area (Å²) in [5, 5.41) is 0. The first-order valence-electron chi connectivity index (χ1n) is 5.64. The van der Waals surface area contributed by atoms with Crippen LogP contribution in [0.1, 0.15) is 37.0 Å². The molecule has 0 N–H and O–H groups in total. The van der Waals surface area contributed by atoms with Gasteiger partial charge in [-0.25, -0.2) is 4.79 Å². The van der Waals surface area contributed by atoms with E-state index in [0.717, 1.165) is 12.8 Å². The van der Waals surface area contributed by atoms with Gasteiger partial charge in [0.15, 0.2) is 0 Å². The molecule has 86 valence electrons. The molecule has 0 aliphatic carbocycles. The molecule has 16 heavy (non-hydrogen) atoms. The highest BCUT2D eigenvalue weighted by molar-refractivity contribution is 5.89. The molecule has 0 fully saturated rings. The highest BCUT2D eigenvalue weighted by Gasteiger charge is 2.05. The molecule has 2 heteroatoms. The molecule has 0 unspecified atom stereocenters. The second kappa shape index (κ2) is 6.83. The molecule has 0 amide bonds. The van der Waals surface area contributed by atoms with E-state index in [1.54, 1.807) is 12.1 Å². The van der Waals surface area contributed by atoms with Crippen molar-refractivity contribution in [1.29, 1.82) is 0 Å². The Morgan fingerprint density at radius 2 is 2.00 bits per heavy atom. The van der Waals surface area contributed by atoms with E-state index in [1.807, 2.05) is 25.1 Å². The van der Waals surface area contributed by atoms with Crippen LogP contribution in [0.3, 0.4) is 0 Å². The van der Waals surface area contributed by atoms with Crippen molar-refractivity contribution in [2.24, 2.45) is 0 Å². The van der Waals surface area contributed by atoms with E-state index in [2.05, 4.69) is 13.0 Å². The maximum Gasteiger partial charge on any atom is 0.338 e. The maximum atomic E-state index is 11.6. The van der Waals surface area contributed by atoms with Gasteiger partial charge in [-0.15, -0.1) is 0 Å². The first kappa shape index (κ1) is 12.5. The summed E-state index contributed by atoms with van der Waals surface area (Å²) in [4.78, 5) is 11.6. The SMILES string of the molecule is C/C=C(/CC)CCOC(=O)c1ccccc1. The normalized spacial score (nSPS) is 11.2. The van der Waals surface area contributed by atoms with Gasteiger partial charge in [0, 0.05) is 6.42 Å². The molecular weight excluding hydrogens is 200 g/mol. The molecule has 0 aliphatic rings. The molecular formula is C14H18O2. The molecule has 0 radical (unpaired) electrons. The van der Waals surface area contributed by atoms with Crippen molar-refractivity contribution in [3.05, 3.63) is 47.5 Å². The van der Waals surface area contributed by atoms with Gasteiger partial charge in [0.05, 0.1) is 12.2 Å². The van der Waals surface area contributed by atoms with Gasteiger partial charge < -0.3 is 4.74 Å². The van der Waals surface area contributed by atoms with Crippen LogP contribution >= 0.6 is 0 Å². The number of benzene rings is 1.